The molecular formula is C11H24N2O3. The van der Waals surface area contributed by atoms with Crippen molar-refractivity contribution in [3.05, 3.63) is 0 Å². The highest BCUT2D eigenvalue weighted by Crippen LogP contribution is 1.83. The van der Waals surface area contributed by atoms with E-state index in [2.05, 4.69) is 17.6 Å². The fourth-order valence-corrected chi connectivity index (χ4v) is 1.12. The van der Waals surface area contributed by atoms with E-state index in [-0.39, 0.29) is 11.9 Å². The Hall–Kier alpha value is -0.650. The molecule has 0 radical (unpaired) electrons. The molecule has 0 rings (SSSR count). The van der Waals surface area contributed by atoms with Crippen LogP contribution >= 0.6 is 0 Å². The molecular weight excluding hydrogens is 208 g/mol. The highest BCUT2D eigenvalue weighted by molar-refractivity contribution is 5.81. The molecule has 1 atom stereocenters. The molecule has 5 heteroatoms. The first-order valence-electron chi connectivity index (χ1n) is 5.80. The van der Waals surface area contributed by atoms with Crippen molar-refractivity contribution in [1.82, 2.24) is 10.6 Å². The Bertz CT molecular complexity index is 177. The molecule has 0 aliphatic rings. The highest BCUT2D eigenvalue weighted by atomic mass is 16.5. The van der Waals surface area contributed by atoms with E-state index in [4.69, 9.17) is 9.47 Å². The van der Waals surface area contributed by atoms with Gasteiger partial charge in [-0.1, -0.05) is 6.92 Å². The summed E-state index contributed by atoms with van der Waals surface area (Å²) >= 11 is 0. The van der Waals surface area contributed by atoms with E-state index in [9.17, 15) is 4.79 Å². The Morgan fingerprint density at radius 2 is 2.00 bits per heavy atom. The number of carbonyl (C=O) groups excluding carboxylic acids is 1. The van der Waals surface area contributed by atoms with Crippen LogP contribution in [-0.4, -0.2) is 52.0 Å². The Morgan fingerprint density at radius 1 is 1.25 bits per heavy atom. The standard InChI is InChI=1S/C11H24N2O3/c1-4-7-16-9-6-12-10(2)11(14)13-5-8-15-3/h10,12H,4-9H2,1-3H3,(H,13,14). The van der Waals surface area contributed by atoms with E-state index >= 15 is 0 Å². The minimum absolute atomic E-state index is 0.00691. The summed E-state index contributed by atoms with van der Waals surface area (Å²) in [7, 11) is 1.61. The van der Waals surface area contributed by atoms with Crippen molar-refractivity contribution in [2.75, 3.05) is 40.0 Å². The van der Waals surface area contributed by atoms with E-state index in [1.807, 2.05) is 6.92 Å². The van der Waals surface area contributed by atoms with Gasteiger partial charge in [-0.3, -0.25) is 4.79 Å². The average Bonchev–Trinajstić information content (AvgIpc) is 2.28. The van der Waals surface area contributed by atoms with Gasteiger partial charge < -0.3 is 20.1 Å². The van der Waals surface area contributed by atoms with Gasteiger partial charge in [0.25, 0.3) is 0 Å². The lowest BCUT2D eigenvalue weighted by atomic mass is 10.3. The summed E-state index contributed by atoms with van der Waals surface area (Å²) in [4.78, 5) is 11.5. The third-order valence-electron chi connectivity index (χ3n) is 2.04. The van der Waals surface area contributed by atoms with Gasteiger partial charge in [-0.05, 0) is 13.3 Å². The summed E-state index contributed by atoms with van der Waals surface area (Å²) in [6.45, 7) is 7.10. The topological polar surface area (TPSA) is 59.6 Å². The second kappa shape index (κ2) is 10.9. The maximum absolute atomic E-state index is 11.5. The SMILES string of the molecule is CCCOCCNC(C)C(=O)NCCOC. The summed E-state index contributed by atoms with van der Waals surface area (Å²) in [6, 6.07) is -0.193. The number of hydrogen-bond acceptors (Lipinski definition) is 4. The van der Waals surface area contributed by atoms with Crippen LogP contribution in [-0.2, 0) is 14.3 Å². The van der Waals surface area contributed by atoms with Gasteiger partial charge in [0.15, 0.2) is 0 Å². The molecule has 0 aliphatic carbocycles. The van der Waals surface area contributed by atoms with E-state index < -0.39 is 0 Å². The first-order chi connectivity index (χ1) is 7.72. The molecule has 0 aromatic heterocycles. The summed E-state index contributed by atoms with van der Waals surface area (Å²) in [5.74, 6) is -0.00691. The average molecular weight is 232 g/mol. The zero-order valence-corrected chi connectivity index (χ0v) is 10.5. The van der Waals surface area contributed by atoms with Crippen molar-refractivity contribution in [2.24, 2.45) is 0 Å². The summed E-state index contributed by atoms with van der Waals surface area (Å²) < 4.78 is 10.1. The Labute approximate surface area is 97.9 Å². The van der Waals surface area contributed by atoms with Crippen LogP contribution in [0.2, 0.25) is 0 Å². The van der Waals surface area contributed by atoms with E-state index in [1.165, 1.54) is 0 Å². The first-order valence-corrected chi connectivity index (χ1v) is 5.80. The van der Waals surface area contributed by atoms with Crippen LogP contribution in [0.3, 0.4) is 0 Å². The predicted octanol–water partition coefficient (Wildman–Crippen LogP) is 0.154. The molecule has 0 spiro atoms. The minimum atomic E-state index is -0.193. The molecule has 0 heterocycles. The molecule has 0 fully saturated rings. The molecule has 0 aliphatic heterocycles. The third kappa shape index (κ3) is 8.64. The van der Waals surface area contributed by atoms with Crippen molar-refractivity contribution in [3.63, 3.8) is 0 Å². The number of nitrogens with one attached hydrogen (secondary N) is 2. The van der Waals surface area contributed by atoms with Gasteiger partial charge in [0.2, 0.25) is 5.91 Å². The van der Waals surface area contributed by atoms with Gasteiger partial charge in [0, 0.05) is 26.8 Å². The van der Waals surface area contributed by atoms with Crippen LogP contribution < -0.4 is 10.6 Å². The lowest BCUT2D eigenvalue weighted by Gasteiger charge is -2.13. The molecule has 0 aromatic carbocycles. The minimum Gasteiger partial charge on any atom is -0.383 e. The molecule has 0 saturated carbocycles. The van der Waals surface area contributed by atoms with Gasteiger partial charge in [-0.2, -0.15) is 0 Å². The molecule has 16 heavy (non-hydrogen) atoms. The zero-order valence-electron chi connectivity index (χ0n) is 10.5. The van der Waals surface area contributed by atoms with Crippen LogP contribution in [0.1, 0.15) is 20.3 Å². The summed E-state index contributed by atoms with van der Waals surface area (Å²) in [6.07, 6.45) is 1.02. The number of ether oxygens (including phenoxy) is 2. The van der Waals surface area contributed by atoms with Crippen LogP contribution in [0.25, 0.3) is 0 Å². The summed E-state index contributed by atoms with van der Waals surface area (Å²) in [5.41, 5.74) is 0. The quantitative estimate of drug-likeness (QED) is 0.527. The van der Waals surface area contributed by atoms with Gasteiger partial charge in [0.05, 0.1) is 19.3 Å². The maximum atomic E-state index is 11.5. The zero-order chi connectivity index (χ0) is 12.2. The lowest BCUT2D eigenvalue weighted by molar-refractivity contribution is -0.123. The number of methoxy groups -OCH3 is 1. The Morgan fingerprint density at radius 3 is 2.62 bits per heavy atom. The monoisotopic (exact) mass is 232 g/mol. The molecule has 2 N–H and O–H groups in total. The largest absolute Gasteiger partial charge is 0.383 e. The van der Waals surface area contributed by atoms with Crippen molar-refractivity contribution in [3.8, 4) is 0 Å². The van der Waals surface area contributed by atoms with Crippen LogP contribution in [0.15, 0.2) is 0 Å². The lowest BCUT2D eigenvalue weighted by Crippen LogP contribution is -2.44. The highest BCUT2D eigenvalue weighted by Gasteiger charge is 2.10. The first kappa shape index (κ1) is 15.3. The van der Waals surface area contributed by atoms with Gasteiger partial charge in [-0.15, -0.1) is 0 Å². The van der Waals surface area contributed by atoms with Crippen molar-refractivity contribution < 1.29 is 14.3 Å². The number of hydrogen-bond donors (Lipinski definition) is 2. The molecule has 96 valence electrons. The predicted molar refractivity (Wildman–Crippen MR) is 63.5 cm³/mol. The molecule has 1 amide bonds. The van der Waals surface area contributed by atoms with E-state index in [0.717, 1.165) is 13.0 Å². The van der Waals surface area contributed by atoms with Crippen molar-refractivity contribution >= 4 is 5.91 Å². The second-order valence-electron chi connectivity index (χ2n) is 3.57. The molecule has 0 aromatic rings. The van der Waals surface area contributed by atoms with Crippen LogP contribution in [0.5, 0.6) is 0 Å². The van der Waals surface area contributed by atoms with Crippen LogP contribution in [0, 0.1) is 0 Å². The molecule has 5 nitrogen and oxygen atoms in total. The second-order valence-corrected chi connectivity index (χ2v) is 3.57. The fourth-order valence-electron chi connectivity index (χ4n) is 1.12. The van der Waals surface area contributed by atoms with E-state index in [1.54, 1.807) is 7.11 Å². The smallest absolute Gasteiger partial charge is 0.236 e. The fraction of sp³-hybridized carbons (Fsp3) is 0.909. The van der Waals surface area contributed by atoms with Gasteiger partial charge in [-0.25, -0.2) is 0 Å². The Balaban J connectivity index is 3.40. The Kier molecular flexibility index (Phi) is 10.4. The van der Waals surface area contributed by atoms with Gasteiger partial charge >= 0.3 is 0 Å². The maximum Gasteiger partial charge on any atom is 0.236 e. The van der Waals surface area contributed by atoms with Gasteiger partial charge in [0.1, 0.15) is 0 Å². The molecule has 1 unspecified atom stereocenters. The van der Waals surface area contributed by atoms with Crippen molar-refractivity contribution in [2.45, 2.75) is 26.3 Å². The normalized spacial score (nSPS) is 12.4. The van der Waals surface area contributed by atoms with Crippen LogP contribution in [0.4, 0.5) is 0 Å². The number of amides is 1. The van der Waals surface area contributed by atoms with Crippen molar-refractivity contribution in [1.29, 1.82) is 0 Å². The summed E-state index contributed by atoms with van der Waals surface area (Å²) in [5, 5.41) is 5.86. The number of carbonyl (C=O) groups is 1. The van der Waals surface area contributed by atoms with E-state index in [0.29, 0.717) is 26.3 Å². The number of rotatable bonds is 10. The molecule has 0 saturated heterocycles. The third-order valence-corrected chi connectivity index (χ3v) is 2.04. The molecule has 0 bridgehead atoms.